The third-order valence-electron chi connectivity index (χ3n) is 2.30. The van der Waals surface area contributed by atoms with E-state index in [-0.39, 0.29) is 18.9 Å². The van der Waals surface area contributed by atoms with E-state index in [4.69, 9.17) is 5.11 Å². The minimum atomic E-state index is -0.885. The normalized spacial score (nSPS) is 12.1. The van der Waals surface area contributed by atoms with Gasteiger partial charge < -0.3 is 10.4 Å². The maximum atomic E-state index is 11.4. The highest BCUT2D eigenvalue weighted by molar-refractivity contribution is 5.79. The molecule has 16 heavy (non-hydrogen) atoms. The van der Waals surface area contributed by atoms with Crippen molar-refractivity contribution in [3.05, 3.63) is 18.0 Å². The lowest BCUT2D eigenvalue weighted by atomic mass is 10.1. The van der Waals surface area contributed by atoms with E-state index < -0.39 is 11.9 Å². The molecule has 0 radical (unpaired) electrons. The number of aromatic nitrogens is 2. The molecule has 0 aromatic carbocycles. The number of hydrogen-bond acceptors (Lipinski definition) is 3. The van der Waals surface area contributed by atoms with Crippen LogP contribution in [-0.4, -0.2) is 33.7 Å². The molecule has 88 valence electrons. The third-order valence-corrected chi connectivity index (χ3v) is 2.30. The summed E-state index contributed by atoms with van der Waals surface area (Å²) in [4.78, 5) is 22.1. The second-order valence-corrected chi connectivity index (χ2v) is 3.51. The Kier molecular flexibility index (Phi) is 4.50. The lowest BCUT2D eigenvalue weighted by molar-refractivity contribution is -0.141. The van der Waals surface area contributed by atoms with Crippen molar-refractivity contribution in [2.75, 3.05) is 6.54 Å². The van der Waals surface area contributed by atoms with Gasteiger partial charge in [0.05, 0.1) is 12.3 Å². The fourth-order valence-electron chi connectivity index (χ4n) is 1.26. The molecule has 1 heterocycles. The topological polar surface area (TPSA) is 95.1 Å². The molecule has 3 N–H and O–H groups in total. The average Bonchev–Trinajstić information content (AvgIpc) is 2.70. The van der Waals surface area contributed by atoms with Gasteiger partial charge >= 0.3 is 5.97 Å². The van der Waals surface area contributed by atoms with Crippen LogP contribution in [0.3, 0.4) is 0 Å². The van der Waals surface area contributed by atoms with Crippen molar-refractivity contribution >= 4 is 11.9 Å². The van der Waals surface area contributed by atoms with Gasteiger partial charge in [0.25, 0.3) is 0 Å². The highest BCUT2D eigenvalue weighted by Gasteiger charge is 2.15. The Balaban J connectivity index is 2.32. The number of H-pyrrole nitrogens is 1. The molecule has 0 saturated carbocycles. The Morgan fingerprint density at radius 3 is 2.88 bits per heavy atom. The molecule has 6 nitrogen and oxygen atoms in total. The van der Waals surface area contributed by atoms with Gasteiger partial charge in [-0.1, -0.05) is 6.92 Å². The van der Waals surface area contributed by atoms with Crippen molar-refractivity contribution in [2.24, 2.45) is 5.92 Å². The van der Waals surface area contributed by atoms with E-state index in [1.807, 2.05) is 0 Å². The summed E-state index contributed by atoms with van der Waals surface area (Å²) in [7, 11) is 0. The molecular formula is C10H15N3O3. The zero-order chi connectivity index (χ0) is 12.0. The standard InChI is InChI=1S/C10H15N3O3/c1-2-7(10(15)16)6-11-9(14)5-8-3-4-12-13-8/h3-4,7H,2,5-6H2,1H3,(H,11,14)(H,12,13)(H,15,16). The second-order valence-electron chi connectivity index (χ2n) is 3.51. The number of hydrogen-bond donors (Lipinski definition) is 3. The first-order valence-electron chi connectivity index (χ1n) is 5.11. The summed E-state index contributed by atoms with van der Waals surface area (Å²) in [6, 6.07) is 1.70. The van der Waals surface area contributed by atoms with Crippen molar-refractivity contribution < 1.29 is 14.7 Å². The van der Waals surface area contributed by atoms with Crippen LogP contribution in [0.5, 0.6) is 0 Å². The second kappa shape index (κ2) is 5.89. The van der Waals surface area contributed by atoms with Crippen molar-refractivity contribution in [2.45, 2.75) is 19.8 Å². The van der Waals surface area contributed by atoms with Crippen LogP contribution in [0.2, 0.25) is 0 Å². The van der Waals surface area contributed by atoms with Crippen LogP contribution in [0.4, 0.5) is 0 Å². The van der Waals surface area contributed by atoms with Gasteiger partial charge in [-0.15, -0.1) is 0 Å². The summed E-state index contributed by atoms with van der Waals surface area (Å²) >= 11 is 0. The number of rotatable bonds is 6. The number of aromatic amines is 1. The van der Waals surface area contributed by atoms with Crippen LogP contribution in [0, 0.1) is 5.92 Å². The first kappa shape index (κ1) is 12.2. The molecule has 0 aliphatic rings. The molecule has 0 aliphatic carbocycles. The Morgan fingerprint density at radius 2 is 2.38 bits per heavy atom. The Morgan fingerprint density at radius 1 is 1.62 bits per heavy atom. The van der Waals surface area contributed by atoms with Crippen LogP contribution in [-0.2, 0) is 16.0 Å². The van der Waals surface area contributed by atoms with E-state index in [2.05, 4.69) is 15.5 Å². The van der Waals surface area contributed by atoms with E-state index in [0.29, 0.717) is 12.1 Å². The van der Waals surface area contributed by atoms with E-state index in [1.54, 1.807) is 19.2 Å². The van der Waals surface area contributed by atoms with Crippen molar-refractivity contribution in [1.82, 2.24) is 15.5 Å². The van der Waals surface area contributed by atoms with Crippen LogP contribution in [0.25, 0.3) is 0 Å². The molecule has 1 atom stereocenters. The number of carbonyl (C=O) groups is 2. The highest BCUT2D eigenvalue weighted by Crippen LogP contribution is 2.00. The fourth-order valence-corrected chi connectivity index (χ4v) is 1.26. The minimum absolute atomic E-state index is 0.165. The molecule has 1 aromatic heterocycles. The lowest BCUT2D eigenvalue weighted by Gasteiger charge is -2.10. The maximum Gasteiger partial charge on any atom is 0.308 e. The first-order valence-corrected chi connectivity index (χ1v) is 5.11. The summed E-state index contributed by atoms with van der Waals surface area (Å²) in [5, 5.41) is 17.7. The molecule has 0 spiro atoms. The van der Waals surface area contributed by atoms with E-state index in [0.717, 1.165) is 0 Å². The largest absolute Gasteiger partial charge is 0.481 e. The van der Waals surface area contributed by atoms with Gasteiger partial charge in [-0.05, 0) is 12.5 Å². The van der Waals surface area contributed by atoms with Crippen molar-refractivity contribution in [1.29, 1.82) is 0 Å². The molecule has 1 aromatic rings. The first-order chi connectivity index (χ1) is 7.63. The number of amides is 1. The molecule has 1 rings (SSSR count). The average molecular weight is 225 g/mol. The number of aliphatic carboxylic acids is 1. The van der Waals surface area contributed by atoms with Gasteiger partial charge in [0.2, 0.25) is 5.91 Å². The molecule has 0 bridgehead atoms. The monoisotopic (exact) mass is 225 g/mol. The van der Waals surface area contributed by atoms with Gasteiger partial charge in [-0.2, -0.15) is 5.10 Å². The predicted molar refractivity (Wildman–Crippen MR) is 56.7 cm³/mol. The molecule has 0 aliphatic heterocycles. The predicted octanol–water partition coefficient (Wildman–Crippen LogP) is 0.179. The quantitative estimate of drug-likeness (QED) is 0.643. The highest BCUT2D eigenvalue weighted by atomic mass is 16.4. The summed E-state index contributed by atoms with van der Waals surface area (Å²) in [5.74, 6) is -1.61. The molecule has 1 amide bonds. The third kappa shape index (κ3) is 3.72. The van der Waals surface area contributed by atoms with Crippen molar-refractivity contribution in [3.8, 4) is 0 Å². The molecule has 0 saturated heterocycles. The molecule has 1 unspecified atom stereocenters. The van der Waals surface area contributed by atoms with E-state index in [1.165, 1.54) is 0 Å². The zero-order valence-corrected chi connectivity index (χ0v) is 9.06. The number of carbonyl (C=O) groups excluding carboxylic acids is 1. The summed E-state index contributed by atoms with van der Waals surface area (Å²) < 4.78 is 0. The maximum absolute atomic E-state index is 11.4. The van der Waals surface area contributed by atoms with Gasteiger partial charge in [0.15, 0.2) is 0 Å². The smallest absolute Gasteiger partial charge is 0.308 e. The molecule has 0 fully saturated rings. The van der Waals surface area contributed by atoms with Crippen LogP contribution < -0.4 is 5.32 Å². The fraction of sp³-hybridized carbons (Fsp3) is 0.500. The summed E-state index contributed by atoms with van der Waals surface area (Å²) in [6.07, 6.45) is 2.25. The van der Waals surface area contributed by atoms with E-state index >= 15 is 0 Å². The minimum Gasteiger partial charge on any atom is -0.481 e. The Bertz CT molecular complexity index is 348. The Hall–Kier alpha value is -1.85. The summed E-state index contributed by atoms with van der Waals surface area (Å²) in [5.41, 5.74) is 0.709. The number of nitrogens with zero attached hydrogens (tertiary/aromatic N) is 1. The van der Waals surface area contributed by atoms with Gasteiger partial charge in [-0.25, -0.2) is 0 Å². The van der Waals surface area contributed by atoms with Crippen LogP contribution >= 0.6 is 0 Å². The summed E-state index contributed by atoms with van der Waals surface area (Å²) in [6.45, 7) is 1.94. The zero-order valence-electron chi connectivity index (χ0n) is 9.06. The van der Waals surface area contributed by atoms with Crippen molar-refractivity contribution in [3.63, 3.8) is 0 Å². The van der Waals surface area contributed by atoms with Gasteiger partial charge in [-0.3, -0.25) is 14.7 Å². The molecule has 6 heteroatoms. The Labute approximate surface area is 93.1 Å². The number of nitrogens with one attached hydrogen (secondary N) is 2. The van der Waals surface area contributed by atoms with Crippen LogP contribution in [0.15, 0.2) is 12.3 Å². The van der Waals surface area contributed by atoms with E-state index in [9.17, 15) is 9.59 Å². The van der Waals surface area contributed by atoms with Crippen LogP contribution in [0.1, 0.15) is 19.0 Å². The number of carboxylic acids is 1. The number of carboxylic acid groups (broad SMARTS) is 1. The van der Waals surface area contributed by atoms with Gasteiger partial charge in [0, 0.05) is 18.4 Å². The van der Waals surface area contributed by atoms with Gasteiger partial charge in [0.1, 0.15) is 0 Å². The SMILES string of the molecule is CCC(CNC(=O)Cc1ccn[nH]1)C(=O)O. The molecular weight excluding hydrogens is 210 g/mol. The lowest BCUT2D eigenvalue weighted by Crippen LogP contribution is -2.33.